The summed E-state index contributed by atoms with van der Waals surface area (Å²) < 4.78 is 5.82. The van der Waals surface area contributed by atoms with E-state index in [1.54, 1.807) is 11.3 Å². The molecule has 2 rings (SSSR count). The van der Waals surface area contributed by atoms with Crippen LogP contribution >= 0.6 is 23.7 Å². The average Bonchev–Trinajstić information content (AvgIpc) is 2.60. The van der Waals surface area contributed by atoms with Crippen LogP contribution < -0.4 is 5.32 Å². The van der Waals surface area contributed by atoms with Gasteiger partial charge >= 0.3 is 0 Å². The lowest BCUT2D eigenvalue weighted by Gasteiger charge is -2.26. The molecule has 1 aromatic heterocycles. The minimum absolute atomic E-state index is 0. The molecule has 1 saturated heterocycles. The lowest BCUT2D eigenvalue weighted by atomic mass is 10.1. The Labute approximate surface area is 101 Å². The molecule has 1 N–H and O–H groups in total. The highest BCUT2D eigenvalue weighted by Crippen LogP contribution is 2.27. The SMILES string of the molecule is CC1(C)COC(C)(Cc2cccs2)N1.Cl. The molecule has 2 nitrogen and oxygen atoms in total. The topological polar surface area (TPSA) is 21.3 Å². The summed E-state index contributed by atoms with van der Waals surface area (Å²) in [6.45, 7) is 7.26. The molecule has 86 valence electrons. The van der Waals surface area contributed by atoms with Crippen molar-refractivity contribution in [2.24, 2.45) is 0 Å². The molecule has 0 bridgehead atoms. The van der Waals surface area contributed by atoms with Crippen LogP contribution in [0.4, 0.5) is 0 Å². The predicted molar refractivity (Wildman–Crippen MR) is 66.8 cm³/mol. The van der Waals surface area contributed by atoms with Crippen LogP contribution in [0.25, 0.3) is 0 Å². The molecule has 0 amide bonds. The van der Waals surface area contributed by atoms with Gasteiger partial charge in [0.15, 0.2) is 0 Å². The Balaban J connectivity index is 0.00000112. The van der Waals surface area contributed by atoms with Crippen molar-refractivity contribution in [3.8, 4) is 0 Å². The van der Waals surface area contributed by atoms with Crippen molar-refractivity contribution in [2.75, 3.05) is 6.61 Å². The number of hydrogen-bond acceptors (Lipinski definition) is 3. The molecule has 0 aromatic carbocycles. The minimum Gasteiger partial charge on any atom is -0.359 e. The van der Waals surface area contributed by atoms with Crippen LogP contribution in [0.5, 0.6) is 0 Å². The second-order valence-electron chi connectivity index (χ2n) is 4.78. The molecule has 1 atom stereocenters. The Morgan fingerprint density at radius 3 is 2.67 bits per heavy atom. The summed E-state index contributed by atoms with van der Waals surface area (Å²) in [4.78, 5) is 1.37. The van der Waals surface area contributed by atoms with Crippen LogP contribution in [-0.4, -0.2) is 17.9 Å². The largest absolute Gasteiger partial charge is 0.359 e. The highest BCUT2D eigenvalue weighted by molar-refractivity contribution is 7.09. The van der Waals surface area contributed by atoms with E-state index in [4.69, 9.17) is 4.74 Å². The molecule has 2 heterocycles. The predicted octanol–water partition coefficient (Wildman–Crippen LogP) is 2.83. The molecule has 0 aliphatic carbocycles. The van der Waals surface area contributed by atoms with E-state index in [0.29, 0.717) is 0 Å². The second-order valence-corrected chi connectivity index (χ2v) is 5.82. The zero-order chi connectivity index (χ0) is 10.2. The molecule has 0 radical (unpaired) electrons. The van der Waals surface area contributed by atoms with E-state index in [2.05, 4.69) is 43.6 Å². The number of thiophene rings is 1. The van der Waals surface area contributed by atoms with Crippen molar-refractivity contribution in [3.05, 3.63) is 22.4 Å². The summed E-state index contributed by atoms with van der Waals surface area (Å²) in [5, 5.41) is 5.64. The van der Waals surface area contributed by atoms with Gasteiger partial charge in [0.05, 0.1) is 6.61 Å². The van der Waals surface area contributed by atoms with E-state index in [1.807, 2.05) is 0 Å². The van der Waals surface area contributed by atoms with Gasteiger partial charge in [-0.25, -0.2) is 0 Å². The third-order valence-corrected chi connectivity index (χ3v) is 3.32. The summed E-state index contributed by atoms with van der Waals surface area (Å²) in [5.74, 6) is 0. The third kappa shape index (κ3) is 3.18. The fraction of sp³-hybridized carbons (Fsp3) is 0.636. The molecular weight excluding hydrogens is 230 g/mol. The van der Waals surface area contributed by atoms with Crippen LogP contribution in [0, 0.1) is 0 Å². The second kappa shape index (κ2) is 4.42. The van der Waals surface area contributed by atoms with E-state index < -0.39 is 0 Å². The van der Waals surface area contributed by atoms with Crippen LogP contribution in [0.2, 0.25) is 0 Å². The molecular formula is C11H18ClNOS. The van der Waals surface area contributed by atoms with E-state index in [9.17, 15) is 0 Å². The van der Waals surface area contributed by atoms with Gasteiger partial charge in [-0.1, -0.05) is 6.07 Å². The molecule has 1 unspecified atom stereocenters. The fourth-order valence-corrected chi connectivity index (χ4v) is 2.82. The summed E-state index contributed by atoms with van der Waals surface area (Å²) in [7, 11) is 0. The Kier molecular flexibility index (Phi) is 3.82. The number of halogens is 1. The van der Waals surface area contributed by atoms with E-state index >= 15 is 0 Å². The van der Waals surface area contributed by atoms with Crippen molar-refractivity contribution >= 4 is 23.7 Å². The quantitative estimate of drug-likeness (QED) is 0.868. The molecule has 1 aliphatic rings. The van der Waals surface area contributed by atoms with Crippen molar-refractivity contribution in [1.82, 2.24) is 5.32 Å². The van der Waals surface area contributed by atoms with Gasteiger partial charge in [0.1, 0.15) is 5.72 Å². The summed E-state index contributed by atoms with van der Waals surface area (Å²) in [5.41, 5.74) is -0.0830. The standard InChI is InChI=1S/C11H17NOS.ClH/c1-10(2)8-13-11(3,12-10)7-9-5-4-6-14-9;/h4-6,12H,7-8H2,1-3H3;1H. The molecule has 1 aliphatic heterocycles. The van der Waals surface area contributed by atoms with E-state index in [1.165, 1.54) is 4.88 Å². The monoisotopic (exact) mass is 247 g/mol. The lowest BCUT2D eigenvalue weighted by Crippen LogP contribution is -2.47. The maximum Gasteiger partial charge on any atom is 0.121 e. The summed E-state index contributed by atoms with van der Waals surface area (Å²) in [6, 6.07) is 4.25. The van der Waals surface area contributed by atoms with Gasteiger partial charge in [-0.05, 0) is 32.2 Å². The Hall–Kier alpha value is -0.0900. The van der Waals surface area contributed by atoms with Crippen molar-refractivity contribution in [2.45, 2.75) is 38.5 Å². The van der Waals surface area contributed by atoms with Crippen LogP contribution in [-0.2, 0) is 11.2 Å². The normalized spacial score (nSPS) is 28.7. The van der Waals surface area contributed by atoms with Crippen LogP contribution in [0.3, 0.4) is 0 Å². The van der Waals surface area contributed by atoms with Crippen molar-refractivity contribution < 1.29 is 4.74 Å². The highest BCUT2D eigenvalue weighted by Gasteiger charge is 2.40. The number of ether oxygens (including phenoxy) is 1. The van der Waals surface area contributed by atoms with Gasteiger partial charge in [0, 0.05) is 16.8 Å². The van der Waals surface area contributed by atoms with E-state index in [-0.39, 0.29) is 23.7 Å². The van der Waals surface area contributed by atoms with Crippen LogP contribution in [0.15, 0.2) is 17.5 Å². The molecule has 15 heavy (non-hydrogen) atoms. The summed E-state index contributed by atoms with van der Waals surface area (Å²) in [6.07, 6.45) is 0.952. The van der Waals surface area contributed by atoms with Crippen LogP contribution in [0.1, 0.15) is 25.6 Å². The number of hydrogen-bond donors (Lipinski definition) is 1. The van der Waals surface area contributed by atoms with Gasteiger partial charge in [-0.2, -0.15) is 0 Å². The Morgan fingerprint density at radius 1 is 1.47 bits per heavy atom. The van der Waals surface area contributed by atoms with Gasteiger partial charge in [-0.3, -0.25) is 5.32 Å². The first-order valence-corrected chi connectivity index (χ1v) is 5.83. The average molecular weight is 248 g/mol. The smallest absolute Gasteiger partial charge is 0.121 e. The summed E-state index contributed by atoms with van der Waals surface area (Å²) >= 11 is 1.79. The number of rotatable bonds is 2. The van der Waals surface area contributed by atoms with Gasteiger partial charge in [-0.15, -0.1) is 23.7 Å². The third-order valence-electron chi connectivity index (χ3n) is 2.45. The molecule has 0 saturated carbocycles. The molecule has 1 aromatic rings. The zero-order valence-corrected chi connectivity index (χ0v) is 11.0. The maximum absolute atomic E-state index is 5.82. The van der Waals surface area contributed by atoms with Gasteiger partial charge in [0.25, 0.3) is 0 Å². The molecule has 1 fully saturated rings. The van der Waals surface area contributed by atoms with Gasteiger partial charge in [0.2, 0.25) is 0 Å². The minimum atomic E-state index is -0.186. The molecule has 0 spiro atoms. The van der Waals surface area contributed by atoms with Gasteiger partial charge < -0.3 is 4.74 Å². The Bertz CT molecular complexity index is 312. The maximum atomic E-state index is 5.82. The van der Waals surface area contributed by atoms with E-state index in [0.717, 1.165) is 13.0 Å². The lowest BCUT2D eigenvalue weighted by molar-refractivity contribution is 0.00733. The van der Waals surface area contributed by atoms with Crippen molar-refractivity contribution in [3.63, 3.8) is 0 Å². The fourth-order valence-electron chi connectivity index (χ4n) is 1.97. The Morgan fingerprint density at radius 2 is 2.20 bits per heavy atom. The van der Waals surface area contributed by atoms with Crippen molar-refractivity contribution in [1.29, 1.82) is 0 Å². The first-order chi connectivity index (χ1) is 6.49. The first-order valence-electron chi connectivity index (χ1n) is 4.95. The first kappa shape index (κ1) is 13.0. The number of nitrogens with one attached hydrogen (secondary N) is 1. The highest BCUT2D eigenvalue weighted by atomic mass is 35.5. The molecule has 4 heteroatoms. The zero-order valence-electron chi connectivity index (χ0n) is 9.37.